The Balaban J connectivity index is 2.73. The van der Waals surface area contributed by atoms with Gasteiger partial charge in [0, 0.05) is 5.56 Å². The first-order valence-corrected chi connectivity index (χ1v) is 6.60. The lowest BCUT2D eigenvalue weighted by molar-refractivity contribution is -0.151. The van der Waals surface area contributed by atoms with Crippen molar-refractivity contribution in [2.75, 3.05) is 13.7 Å². The van der Waals surface area contributed by atoms with E-state index >= 15 is 0 Å². The predicted octanol–water partition coefficient (Wildman–Crippen LogP) is 2.43. The molecule has 0 bridgehead atoms. The number of ether oxygens (including phenoxy) is 2. The van der Waals surface area contributed by atoms with Crippen LogP contribution < -0.4 is 4.74 Å². The van der Waals surface area contributed by atoms with E-state index in [0.717, 1.165) is 7.11 Å². The summed E-state index contributed by atoms with van der Waals surface area (Å²) >= 11 is 0. The zero-order valence-electron chi connectivity index (χ0n) is 12.8. The van der Waals surface area contributed by atoms with E-state index in [9.17, 15) is 14.4 Å². The van der Waals surface area contributed by atoms with Gasteiger partial charge in [-0.2, -0.15) is 0 Å². The lowest BCUT2D eigenvalue weighted by atomic mass is 9.98. The zero-order chi connectivity index (χ0) is 16.0. The van der Waals surface area contributed by atoms with Crippen LogP contribution in [0.2, 0.25) is 0 Å². The zero-order valence-corrected chi connectivity index (χ0v) is 12.8. The van der Waals surface area contributed by atoms with Gasteiger partial charge in [-0.3, -0.25) is 9.59 Å². The topological polar surface area (TPSA) is 69.7 Å². The van der Waals surface area contributed by atoms with Crippen LogP contribution in [0.4, 0.5) is 0 Å². The van der Waals surface area contributed by atoms with Crippen LogP contribution in [0.1, 0.15) is 37.6 Å². The number of esters is 1. The van der Waals surface area contributed by atoms with E-state index in [1.807, 2.05) is 20.8 Å². The van der Waals surface area contributed by atoms with Crippen molar-refractivity contribution in [3.8, 4) is 5.75 Å². The van der Waals surface area contributed by atoms with Gasteiger partial charge in [0.1, 0.15) is 5.75 Å². The molecule has 0 aliphatic rings. The number of carbonyl (C=O) groups excluding carboxylic acids is 3. The summed E-state index contributed by atoms with van der Waals surface area (Å²) < 4.78 is 9.89. The van der Waals surface area contributed by atoms with Crippen LogP contribution in [0.15, 0.2) is 24.3 Å². The van der Waals surface area contributed by atoms with E-state index in [4.69, 9.17) is 4.74 Å². The SMILES string of the molecule is COC(=O)C(=O)CC(=O)c1cccc(OCC(C)(C)C)c1. The van der Waals surface area contributed by atoms with Crippen LogP contribution in [-0.4, -0.2) is 31.3 Å². The highest BCUT2D eigenvalue weighted by Gasteiger charge is 2.19. The molecule has 0 fully saturated rings. The average Bonchev–Trinajstić information content (AvgIpc) is 2.43. The molecule has 0 radical (unpaired) electrons. The van der Waals surface area contributed by atoms with E-state index in [1.54, 1.807) is 24.3 Å². The van der Waals surface area contributed by atoms with Gasteiger partial charge >= 0.3 is 5.97 Å². The van der Waals surface area contributed by atoms with Gasteiger partial charge in [-0.05, 0) is 17.5 Å². The first kappa shape index (κ1) is 16.9. The van der Waals surface area contributed by atoms with Crippen LogP contribution in [-0.2, 0) is 14.3 Å². The molecule has 0 aromatic heterocycles. The molecular formula is C16H20O5. The number of hydrogen-bond acceptors (Lipinski definition) is 5. The lowest BCUT2D eigenvalue weighted by Crippen LogP contribution is -2.19. The number of Topliss-reactive ketones (excluding diaryl/α,β-unsaturated/α-hetero) is 2. The Kier molecular flexibility index (Phi) is 5.64. The van der Waals surface area contributed by atoms with Crippen molar-refractivity contribution in [1.29, 1.82) is 0 Å². The number of rotatable bonds is 6. The van der Waals surface area contributed by atoms with Gasteiger partial charge in [0.2, 0.25) is 5.78 Å². The first-order valence-electron chi connectivity index (χ1n) is 6.60. The smallest absolute Gasteiger partial charge is 0.374 e. The Hall–Kier alpha value is -2.17. The summed E-state index contributed by atoms with van der Waals surface area (Å²) in [7, 11) is 1.10. The van der Waals surface area contributed by atoms with Crippen molar-refractivity contribution < 1.29 is 23.9 Å². The molecule has 0 saturated heterocycles. The van der Waals surface area contributed by atoms with Gasteiger partial charge in [-0.1, -0.05) is 32.9 Å². The molecule has 0 amide bonds. The molecule has 114 valence electrons. The molecule has 0 aliphatic heterocycles. The second kappa shape index (κ2) is 7.02. The predicted molar refractivity (Wildman–Crippen MR) is 77.4 cm³/mol. The molecule has 5 nitrogen and oxygen atoms in total. The maximum Gasteiger partial charge on any atom is 0.374 e. The minimum atomic E-state index is -1.01. The number of benzene rings is 1. The lowest BCUT2D eigenvalue weighted by Gasteiger charge is -2.19. The Labute approximate surface area is 124 Å². The molecule has 0 aliphatic carbocycles. The summed E-state index contributed by atoms with van der Waals surface area (Å²) in [6.45, 7) is 6.62. The van der Waals surface area contributed by atoms with Crippen LogP contribution in [0, 0.1) is 5.41 Å². The van der Waals surface area contributed by atoms with Crippen molar-refractivity contribution >= 4 is 17.5 Å². The molecule has 0 atom stereocenters. The second-order valence-electron chi connectivity index (χ2n) is 5.89. The molecule has 5 heteroatoms. The Morgan fingerprint density at radius 1 is 1.14 bits per heavy atom. The van der Waals surface area contributed by atoms with Gasteiger partial charge in [0.15, 0.2) is 5.78 Å². The Bertz CT molecular complexity index is 540. The highest BCUT2D eigenvalue weighted by atomic mass is 16.5. The fourth-order valence-corrected chi connectivity index (χ4v) is 1.49. The molecule has 0 spiro atoms. The van der Waals surface area contributed by atoms with Gasteiger partial charge in [0.25, 0.3) is 0 Å². The minimum absolute atomic E-state index is 0.000857. The normalized spacial score (nSPS) is 10.9. The summed E-state index contributed by atoms with van der Waals surface area (Å²) in [6.07, 6.45) is -0.505. The Morgan fingerprint density at radius 3 is 2.38 bits per heavy atom. The molecule has 0 saturated carbocycles. The summed E-state index contributed by atoms with van der Waals surface area (Å²) in [6, 6.07) is 6.56. The summed E-state index contributed by atoms with van der Waals surface area (Å²) in [5.41, 5.74) is 0.333. The number of carbonyl (C=O) groups is 3. The highest BCUT2D eigenvalue weighted by molar-refractivity contribution is 6.38. The molecule has 1 rings (SSSR count). The molecule has 0 N–H and O–H groups in total. The molecule has 1 aromatic carbocycles. The van der Waals surface area contributed by atoms with Gasteiger partial charge < -0.3 is 9.47 Å². The monoisotopic (exact) mass is 292 g/mol. The molecular weight excluding hydrogens is 272 g/mol. The standard InChI is InChI=1S/C16H20O5/c1-16(2,3)10-21-12-7-5-6-11(8-12)13(17)9-14(18)15(19)20-4/h5-8H,9-10H2,1-4H3. The third-order valence-corrected chi connectivity index (χ3v) is 2.56. The summed E-state index contributed by atoms with van der Waals surface area (Å²) in [4.78, 5) is 34.3. The number of methoxy groups -OCH3 is 1. The minimum Gasteiger partial charge on any atom is -0.493 e. The third-order valence-electron chi connectivity index (χ3n) is 2.56. The Morgan fingerprint density at radius 2 is 1.81 bits per heavy atom. The van der Waals surface area contributed by atoms with E-state index in [2.05, 4.69) is 4.74 Å². The van der Waals surface area contributed by atoms with Crippen LogP contribution in [0.5, 0.6) is 5.75 Å². The molecule has 1 aromatic rings. The van der Waals surface area contributed by atoms with Crippen molar-refractivity contribution in [2.24, 2.45) is 5.41 Å². The molecule has 21 heavy (non-hydrogen) atoms. The van der Waals surface area contributed by atoms with E-state index < -0.39 is 24.0 Å². The molecule has 0 unspecified atom stereocenters. The average molecular weight is 292 g/mol. The fourth-order valence-electron chi connectivity index (χ4n) is 1.49. The second-order valence-corrected chi connectivity index (χ2v) is 5.89. The van der Waals surface area contributed by atoms with Gasteiger partial charge in [0.05, 0.1) is 20.1 Å². The largest absolute Gasteiger partial charge is 0.493 e. The maximum atomic E-state index is 11.9. The van der Waals surface area contributed by atoms with Gasteiger partial charge in [-0.15, -0.1) is 0 Å². The fraction of sp³-hybridized carbons (Fsp3) is 0.438. The van der Waals surface area contributed by atoms with E-state index in [1.165, 1.54) is 0 Å². The van der Waals surface area contributed by atoms with E-state index in [-0.39, 0.29) is 5.41 Å². The van der Waals surface area contributed by atoms with Gasteiger partial charge in [-0.25, -0.2) is 4.79 Å². The van der Waals surface area contributed by atoms with Crippen LogP contribution in [0.3, 0.4) is 0 Å². The highest BCUT2D eigenvalue weighted by Crippen LogP contribution is 2.19. The van der Waals surface area contributed by atoms with Crippen molar-refractivity contribution in [1.82, 2.24) is 0 Å². The maximum absolute atomic E-state index is 11.9. The third kappa shape index (κ3) is 5.77. The van der Waals surface area contributed by atoms with Crippen molar-refractivity contribution in [2.45, 2.75) is 27.2 Å². The van der Waals surface area contributed by atoms with E-state index in [0.29, 0.717) is 17.9 Å². The first-order chi connectivity index (χ1) is 9.73. The quantitative estimate of drug-likeness (QED) is 0.348. The number of hydrogen-bond donors (Lipinski definition) is 0. The summed E-state index contributed by atoms with van der Waals surface area (Å²) in [5.74, 6) is -1.75. The summed E-state index contributed by atoms with van der Waals surface area (Å²) in [5, 5.41) is 0. The number of ketones is 2. The van der Waals surface area contributed by atoms with Crippen molar-refractivity contribution in [3.63, 3.8) is 0 Å². The van der Waals surface area contributed by atoms with Crippen molar-refractivity contribution in [3.05, 3.63) is 29.8 Å². The van der Waals surface area contributed by atoms with Crippen LogP contribution in [0.25, 0.3) is 0 Å². The van der Waals surface area contributed by atoms with Crippen LogP contribution >= 0.6 is 0 Å². The molecule has 0 heterocycles.